The molecule has 0 unspecified atom stereocenters. The van der Waals surface area contributed by atoms with E-state index >= 15 is 0 Å². The maximum Gasteiger partial charge on any atom is 0.219 e. The molecule has 0 saturated heterocycles. The molecule has 274 valence electrons. The fourth-order valence-corrected chi connectivity index (χ4v) is 5.97. The lowest BCUT2D eigenvalue weighted by atomic mass is 10.1. The summed E-state index contributed by atoms with van der Waals surface area (Å²) in [6.45, 7) is 12.3. The molecule has 4 rings (SSSR count). The molecule has 0 N–H and O–H groups in total. The fourth-order valence-electron chi connectivity index (χ4n) is 5.97. The van der Waals surface area contributed by atoms with Crippen molar-refractivity contribution in [3.05, 3.63) is 58.2 Å². The van der Waals surface area contributed by atoms with E-state index < -0.39 is 0 Å². The predicted octanol–water partition coefficient (Wildman–Crippen LogP) is 0.998. The molecule has 4 heterocycles. The Hall–Kier alpha value is -5.76. The van der Waals surface area contributed by atoms with Crippen molar-refractivity contribution in [3.8, 4) is 23.7 Å². The van der Waals surface area contributed by atoms with E-state index in [2.05, 4.69) is 23.7 Å². The van der Waals surface area contributed by atoms with Crippen LogP contribution in [0.25, 0.3) is 0 Å². The van der Waals surface area contributed by atoms with Gasteiger partial charge in [0.25, 0.3) is 0 Å². The molecule has 0 radical (unpaired) electrons. The molecule has 0 spiro atoms. The first-order chi connectivity index (χ1) is 24.7. The molecule has 14 nitrogen and oxygen atoms in total. The Labute approximate surface area is 305 Å². The number of rotatable bonds is 0. The van der Waals surface area contributed by atoms with E-state index in [0.717, 1.165) is 0 Å². The molecule has 0 aliphatic carbocycles. The minimum atomic E-state index is -0.152. The summed E-state index contributed by atoms with van der Waals surface area (Å²) in [4.78, 5) is 93.9. The number of fused-ring (bicyclic) bond motifs is 4. The monoisotopic (exact) mass is 710 g/mol. The molecular formula is C38H46N8O6. The standard InChI is InChI=1S/C38H46N8O6/c1-27(47)41-11-15-43(29(3)49)23-35-19-33(20-36(39-35)24-44(16-12-41)30(4)50)9-7-8-10-34-21-37-25-45(31(5)51)17-13-42(28(2)48)14-18-46(32(6)52)26-38(22-34)40-37/h19-22H,11-18,23-26H2,1-6H3. The van der Waals surface area contributed by atoms with Gasteiger partial charge in [0.2, 0.25) is 35.4 Å². The molecule has 14 heteroatoms. The van der Waals surface area contributed by atoms with Crippen molar-refractivity contribution < 1.29 is 28.8 Å². The lowest BCUT2D eigenvalue weighted by Gasteiger charge is -2.30. The van der Waals surface area contributed by atoms with Crippen molar-refractivity contribution in [2.24, 2.45) is 0 Å². The Balaban J connectivity index is 1.66. The lowest BCUT2D eigenvalue weighted by molar-refractivity contribution is -0.135. The highest BCUT2D eigenvalue weighted by Crippen LogP contribution is 2.15. The van der Waals surface area contributed by atoms with Crippen LogP contribution in [0.5, 0.6) is 0 Å². The summed E-state index contributed by atoms with van der Waals surface area (Å²) in [5, 5.41) is 0. The fraction of sp³-hybridized carbons (Fsp3) is 0.474. The van der Waals surface area contributed by atoms with Crippen LogP contribution in [-0.4, -0.2) is 127 Å². The van der Waals surface area contributed by atoms with Crippen LogP contribution < -0.4 is 0 Å². The second kappa shape index (κ2) is 17.9. The molecule has 0 atom stereocenters. The van der Waals surface area contributed by atoms with E-state index in [4.69, 9.17) is 9.97 Å². The molecule has 2 aromatic rings. The van der Waals surface area contributed by atoms with Crippen LogP contribution in [0.15, 0.2) is 24.3 Å². The minimum absolute atomic E-state index is 0.128. The molecule has 0 fully saturated rings. The average Bonchev–Trinajstić information content (AvgIpc) is 3.06. The summed E-state index contributed by atoms with van der Waals surface area (Å²) >= 11 is 0. The Morgan fingerprint density at radius 3 is 0.827 bits per heavy atom. The van der Waals surface area contributed by atoms with E-state index in [-0.39, 0.29) is 61.6 Å². The summed E-state index contributed by atoms with van der Waals surface area (Å²) in [7, 11) is 0. The Morgan fingerprint density at radius 1 is 0.404 bits per heavy atom. The summed E-state index contributed by atoms with van der Waals surface area (Å²) < 4.78 is 0. The van der Waals surface area contributed by atoms with Crippen LogP contribution in [0.4, 0.5) is 0 Å². The van der Waals surface area contributed by atoms with Crippen molar-refractivity contribution in [3.63, 3.8) is 0 Å². The van der Waals surface area contributed by atoms with Crippen molar-refractivity contribution in [1.29, 1.82) is 0 Å². The number of amides is 6. The molecule has 0 aromatic carbocycles. The first-order valence-corrected chi connectivity index (χ1v) is 17.2. The average molecular weight is 711 g/mol. The van der Waals surface area contributed by atoms with Gasteiger partial charge in [0, 0.05) is 105 Å². The first kappa shape index (κ1) is 39.0. The smallest absolute Gasteiger partial charge is 0.219 e. The van der Waals surface area contributed by atoms with Gasteiger partial charge in [0.15, 0.2) is 0 Å². The van der Waals surface area contributed by atoms with Crippen molar-refractivity contribution in [2.75, 3.05) is 52.4 Å². The van der Waals surface area contributed by atoms with Gasteiger partial charge >= 0.3 is 0 Å². The Morgan fingerprint density at radius 2 is 0.615 bits per heavy atom. The molecule has 4 bridgehead atoms. The van der Waals surface area contributed by atoms with Gasteiger partial charge in [-0.2, -0.15) is 0 Å². The molecular weight excluding hydrogens is 664 g/mol. The number of aromatic nitrogens is 2. The van der Waals surface area contributed by atoms with E-state index in [0.29, 0.717) is 86.3 Å². The van der Waals surface area contributed by atoms with Gasteiger partial charge in [-0.15, -0.1) is 0 Å². The third-order valence-corrected chi connectivity index (χ3v) is 8.98. The van der Waals surface area contributed by atoms with Crippen molar-refractivity contribution in [1.82, 2.24) is 39.4 Å². The summed E-state index contributed by atoms with van der Waals surface area (Å²) in [5.74, 6) is 11.1. The maximum absolute atomic E-state index is 12.5. The predicted molar refractivity (Wildman–Crippen MR) is 191 cm³/mol. The highest BCUT2D eigenvalue weighted by molar-refractivity contribution is 5.76. The van der Waals surface area contributed by atoms with E-state index in [1.54, 1.807) is 53.7 Å². The first-order valence-electron chi connectivity index (χ1n) is 17.2. The topological polar surface area (TPSA) is 148 Å². The number of carbonyl (C=O) groups is 6. The number of hydrogen-bond donors (Lipinski definition) is 0. The third-order valence-electron chi connectivity index (χ3n) is 8.98. The minimum Gasteiger partial charge on any atom is -0.339 e. The number of nitrogens with zero attached hydrogens (tertiary/aromatic N) is 8. The van der Waals surface area contributed by atoms with E-state index in [1.807, 2.05) is 0 Å². The highest BCUT2D eigenvalue weighted by atomic mass is 16.2. The zero-order valence-corrected chi connectivity index (χ0v) is 30.8. The molecule has 2 aliphatic heterocycles. The van der Waals surface area contributed by atoms with Crippen LogP contribution in [0.3, 0.4) is 0 Å². The van der Waals surface area contributed by atoms with Crippen LogP contribution in [-0.2, 0) is 54.9 Å². The Bertz CT molecular complexity index is 1630. The number of hydrogen-bond acceptors (Lipinski definition) is 8. The summed E-state index contributed by atoms with van der Waals surface area (Å²) in [6, 6.07) is 7.14. The van der Waals surface area contributed by atoms with Gasteiger partial charge in [0.05, 0.1) is 49.0 Å². The van der Waals surface area contributed by atoms with Crippen LogP contribution in [0, 0.1) is 23.7 Å². The maximum atomic E-state index is 12.5. The van der Waals surface area contributed by atoms with Gasteiger partial charge in [-0.05, 0) is 36.1 Å². The Kier molecular flexibility index (Phi) is 13.5. The molecule has 2 aromatic heterocycles. The van der Waals surface area contributed by atoms with E-state index in [9.17, 15) is 28.8 Å². The third kappa shape index (κ3) is 11.4. The van der Waals surface area contributed by atoms with E-state index in [1.165, 1.54) is 41.5 Å². The normalized spacial score (nSPS) is 15.7. The second-order valence-electron chi connectivity index (χ2n) is 13.0. The van der Waals surface area contributed by atoms with Gasteiger partial charge in [0.1, 0.15) is 0 Å². The van der Waals surface area contributed by atoms with Crippen LogP contribution >= 0.6 is 0 Å². The molecule has 52 heavy (non-hydrogen) atoms. The van der Waals surface area contributed by atoms with Gasteiger partial charge in [-0.25, -0.2) is 0 Å². The highest BCUT2D eigenvalue weighted by Gasteiger charge is 2.21. The molecule has 6 amide bonds. The van der Waals surface area contributed by atoms with Crippen molar-refractivity contribution in [2.45, 2.75) is 67.7 Å². The summed E-state index contributed by atoms with van der Waals surface area (Å²) in [6.07, 6.45) is 0. The number of pyridine rings is 2. The van der Waals surface area contributed by atoms with Gasteiger partial charge < -0.3 is 29.4 Å². The number of carbonyl (C=O) groups excluding carboxylic acids is 6. The van der Waals surface area contributed by atoms with Gasteiger partial charge in [-0.3, -0.25) is 38.7 Å². The quantitative estimate of drug-likeness (QED) is 0.368. The zero-order valence-electron chi connectivity index (χ0n) is 30.8. The van der Waals surface area contributed by atoms with Crippen LogP contribution in [0.1, 0.15) is 75.4 Å². The van der Waals surface area contributed by atoms with Gasteiger partial charge in [-0.1, -0.05) is 11.8 Å². The van der Waals surface area contributed by atoms with Crippen LogP contribution in [0.2, 0.25) is 0 Å². The van der Waals surface area contributed by atoms with Crippen molar-refractivity contribution >= 4 is 35.4 Å². The second-order valence-corrected chi connectivity index (χ2v) is 13.0. The lowest BCUT2D eigenvalue weighted by Crippen LogP contribution is -2.44. The summed E-state index contributed by atoms with van der Waals surface area (Å²) in [5.41, 5.74) is 3.60. The molecule has 2 aliphatic rings. The SMILES string of the molecule is CC(=O)N1CCN(C(C)=O)Cc2cc(C#CC#Cc3cc4nc(c3)CN(C(C)=O)CCN(C(C)=O)CCN(C(C)=O)C4)cc(n2)CN(C(C)=O)CC1. The molecule has 0 saturated carbocycles. The largest absolute Gasteiger partial charge is 0.339 e. The zero-order chi connectivity index (χ0) is 37.9.